The van der Waals surface area contributed by atoms with Crippen LogP contribution in [0.15, 0.2) is 40.9 Å². The van der Waals surface area contributed by atoms with E-state index in [2.05, 4.69) is 10.5 Å². The highest BCUT2D eigenvalue weighted by atomic mass is 35.5. The van der Waals surface area contributed by atoms with Gasteiger partial charge in [-0.1, -0.05) is 34.4 Å². The smallest absolute Gasteiger partial charge is 0.322 e. The van der Waals surface area contributed by atoms with Gasteiger partial charge in [-0.3, -0.25) is 0 Å². The summed E-state index contributed by atoms with van der Waals surface area (Å²) in [6.07, 6.45) is 5.18. The number of ether oxygens (including phenoxy) is 1. The molecule has 37 heavy (non-hydrogen) atoms. The SMILES string of the molecule is O=C(Nc1ccc(F)c(F)c1)N1C2CCC1CC(OCc1c(-c3c(Cl)cccc3Cl)noc1C1CC1)C2. The van der Waals surface area contributed by atoms with Crippen LogP contribution in [0.4, 0.5) is 19.3 Å². The Morgan fingerprint density at radius 2 is 1.76 bits per heavy atom. The fourth-order valence-corrected chi connectivity index (χ4v) is 6.18. The molecular formula is C27H25Cl2F2N3O3. The highest BCUT2D eigenvalue weighted by molar-refractivity contribution is 6.39. The molecule has 0 radical (unpaired) electrons. The van der Waals surface area contributed by atoms with Crippen molar-refractivity contribution in [3.8, 4) is 11.3 Å². The number of aromatic nitrogens is 1. The fraction of sp³-hybridized carbons (Fsp3) is 0.407. The van der Waals surface area contributed by atoms with E-state index in [0.717, 1.165) is 49.1 Å². The second kappa shape index (κ2) is 9.89. The first kappa shape index (κ1) is 24.6. The van der Waals surface area contributed by atoms with E-state index in [9.17, 15) is 13.6 Å². The molecule has 2 bridgehead atoms. The van der Waals surface area contributed by atoms with Gasteiger partial charge in [-0.2, -0.15) is 0 Å². The number of carbonyl (C=O) groups is 1. The maximum atomic E-state index is 13.6. The highest BCUT2D eigenvalue weighted by Crippen LogP contribution is 2.46. The number of nitrogens with zero attached hydrogens (tertiary/aromatic N) is 2. The molecule has 1 aliphatic carbocycles. The van der Waals surface area contributed by atoms with Crippen LogP contribution in [0.1, 0.15) is 55.8 Å². The van der Waals surface area contributed by atoms with Crippen molar-refractivity contribution in [2.24, 2.45) is 0 Å². The van der Waals surface area contributed by atoms with Gasteiger partial charge in [0.15, 0.2) is 11.6 Å². The third-order valence-electron chi connectivity index (χ3n) is 7.52. The van der Waals surface area contributed by atoms with Crippen molar-refractivity contribution >= 4 is 34.9 Å². The average Bonchev–Trinajstić information content (AvgIpc) is 3.57. The summed E-state index contributed by atoms with van der Waals surface area (Å²) < 4.78 is 39.0. The Morgan fingerprint density at radius 3 is 2.41 bits per heavy atom. The van der Waals surface area contributed by atoms with E-state index in [-0.39, 0.29) is 29.9 Å². The number of urea groups is 1. The first-order valence-corrected chi connectivity index (χ1v) is 13.2. The molecule has 194 valence electrons. The van der Waals surface area contributed by atoms with Crippen LogP contribution in [0.2, 0.25) is 10.0 Å². The molecule has 2 atom stereocenters. The third-order valence-corrected chi connectivity index (χ3v) is 8.15. The molecule has 3 aromatic rings. The topological polar surface area (TPSA) is 67.6 Å². The Morgan fingerprint density at radius 1 is 1.05 bits per heavy atom. The summed E-state index contributed by atoms with van der Waals surface area (Å²) in [5.74, 6) is -0.783. The van der Waals surface area contributed by atoms with Crippen molar-refractivity contribution in [1.82, 2.24) is 10.1 Å². The van der Waals surface area contributed by atoms with Crippen molar-refractivity contribution in [2.45, 2.75) is 69.2 Å². The Hall–Kier alpha value is -2.68. The maximum absolute atomic E-state index is 13.6. The van der Waals surface area contributed by atoms with E-state index in [1.165, 1.54) is 6.07 Å². The largest absolute Gasteiger partial charge is 0.373 e. The minimum Gasteiger partial charge on any atom is -0.373 e. The van der Waals surface area contributed by atoms with Crippen LogP contribution in [0, 0.1) is 11.6 Å². The van der Waals surface area contributed by atoms with Crippen LogP contribution in [-0.2, 0) is 11.3 Å². The summed E-state index contributed by atoms with van der Waals surface area (Å²) in [6, 6.07) is 8.41. The Kier molecular flexibility index (Phi) is 6.59. The van der Waals surface area contributed by atoms with E-state index in [1.54, 1.807) is 18.2 Å². The van der Waals surface area contributed by atoms with Crippen LogP contribution in [0.25, 0.3) is 11.3 Å². The Labute approximate surface area is 222 Å². The number of nitrogens with one attached hydrogen (secondary N) is 1. The summed E-state index contributed by atoms with van der Waals surface area (Å²) in [5, 5.41) is 8.04. The second-order valence-electron chi connectivity index (χ2n) is 10.0. The molecule has 1 saturated carbocycles. The highest BCUT2D eigenvalue weighted by Gasteiger charge is 2.44. The van der Waals surface area contributed by atoms with Crippen molar-refractivity contribution in [1.29, 1.82) is 0 Å². The number of halogens is 4. The minimum absolute atomic E-state index is 0.0110. The lowest BCUT2D eigenvalue weighted by atomic mass is 9.99. The fourth-order valence-electron chi connectivity index (χ4n) is 5.61. The average molecular weight is 548 g/mol. The van der Waals surface area contributed by atoms with Gasteiger partial charge in [-0.25, -0.2) is 13.6 Å². The molecule has 3 fully saturated rings. The van der Waals surface area contributed by atoms with Crippen molar-refractivity contribution in [3.05, 3.63) is 69.4 Å². The number of carbonyl (C=O) groups excluding carboxylic acids is 1. The van der Waals surface area contributed by atoms with Crippen LogP contribution in [0.3, 0.4) is 0 Å². The number of rotatable bonds is 6. The predicted molar refractivity (Wildman–Crippen MR) is 136 cm³/mol. The van der Waals surface area contributed by atoms with Gasteiger partial charge in [0.25, 0.3) is 0 Å². The molecule has 3 heterocycles. The van der Waals surface area contributed by atoms with Gasteiger partial charge >= 0.3 is 6.03 Å². The molecule has 6 rings (SSSR count). The number of hydrogen-bond donors (Lipinski definition) is 1. The lowest BCUT2D eigenvalue weighted by Gasteiger charge is -2.38. The summed E-state index contributed by atoms with van der Waals surface area (Å²) in [4.78, 5) is 14.8. The van der Waals surface area contributed by atoms with Crippen LogP contribution < -0.4 is 5.32 Å². The number of amides is 2. The molecule has 10 heteroatoms. The first-order valence-electron chi connectivity index (χ1n) is 12.5. The van der Waals surface area contributed by atoms with Gasteiger partial charge in [0.1, 0.15) is 11.5 Å². The van der Waals surface area contributed by atoms with Crippen molar-refractivity contribution < 1.29 is 22.8 Å². The molecule has 0 spiro atoms. The Bertz CT molecular complexity index is 1310. The zero-order valence-electron chi connectivity index (χ0n) is 19.9. The van der Waals surface area contributed by atoms with E-state index in [1.807, 2.05) is 4.90 Å². The van der Waals surface area contributed by atoms with Crippen LogP contribution in [0.5, 0.6) is 0 Å². The molecule has 3 aliphatic rings. The molecule has 1 aromatic heterocycles. The third kappa shape index (κ3) is 4.82. The normalized spacial score (nSPS) is 22.9. The van der Waals surface area contributed by atoms with E-state index in [4.69, 9.17) is 32.5 Å². The number of piperidine rings is 1. The molecule has 6 nitrogen and oxygen atoms in total. The molecule has 2 amide bonds. The number of fused-ring (bicyclic) bond motifs is 2. The molecule has 1 N–H and O–H groups in total. The number of anilines is 1. The maximum Gasteiger partial charge on any atom is 0.322 e. The summed E-state index contributed by atoms with van der Waals surface area (Å²) >= 11 is 12.9. The van der Waals surface area contributed by atoms with Gasteiger partial charge in [-0.15, -0.1) is 0 Å². The van der Waals surface area contributed by atoms with E-state index >= 15 is 0 Å². The minimum atomic E-state index is -0.996. The molecular weight excluding hydrogens is 523 g/mol. The van der Waals surface area contributed by atoms with Crippen molar-refractivity contribution in [3.63, 3.8) is 0 Å². The second-order valence-corrected chi connectivity index (χ2v) is 10.8. The Balaban J connectivity index is 1.15. The van der Waals surface area contributed by atoms with Gasteiger partial charge < -0.3 is 19.5 Å². The summed E-state index contributed by atoms with van der Waals surface area (Å²) in [5.41, 5.74) is 2.36. The molecule has 2 saturated heterocycles. The van der Waals surface area contributed by atoms with E-state index in [0.29, 0.717) is 46.7 Å². The first-order chi connectivity index (χ1) is 17.9. The predicted octanol–water partition coefficient (Wildman–Crippen LogP) is 7.55. The lowest BCUT2D eigenvalue weighted by Crippen LogP contribution is -2.50. The monoisotopic (exact) mass is 547 g/mol. The quantitative estimate of drug-likeness (QED) is 0.346. The van der Waals surface area contributed by atoms with Gasteiger partial charge in [-0.05, 0) is 62.8 Å². The molecule has 2 aromatic carbocycles. The molecule has 2 aliphatic heterocycles. The number of benzene rings is 2. The summed E-state index contributed by atoms with van der Waals surface area (Å²) in [7, 11) is 0. The van der Waals surface area contributed by atoms with Crippen LogP contribution >= 0.6 is 23.2 Å². The van der Waals surface area contributed by atoms with Gasteiger partial charge in [0, 0.05) is 40.9 Å². The molecule has 2 unspecified atom stereocenters. The van der Waals surface area contributed by atoms with Crippen LogP contribution in [-0.4, -0.2) is 34.3 Å². The van der Waals surface area contributed by atoms with Gasteiger partial charge in [0.2, 0.25) is 0 Å². The lowest BCUT2D eigenvalue weighted by molar-refractivity contribution is -0.0158. The standard InChI is InChI=1S/C27H25Cl2F2N3O3/c28-20-2-1-3-21(29)24(20)25-19(26(37-33-25)14-4-5-14)13-36-18-11-16-7-8-17(12-18)34(16)27(35)32-15-6-9-22(30)23(31)10-15/h1-3,6,9-10,14,16-18H,4-5,7-8,11-13H2,(H,32,35). The van der Waals surface area contributed by atoms with E-state index < -0.39 is 11.6 Å². The zero-order valence-corrected chi connectivity index (χ0v) is 21.4. The summed E-state index contributed by atoms with van der Waals surface area (Å²) in [6.45, 7) is 0.317. The van der Waals surface area contributed by atoms with Gasteiger partial charge in [0.05, 0.1) is 22.8 Å². The number of hydrogen-bond acceptors (Lipinski definition) is 4. The van der Waals surface area contributed by atoms with Crippen molar-refractivity contribution in [2.75, 3.05) is 5.32 Å². The zero-order chi connectivity index (χ0) is 25.7.